The molecule has 0 saturated heterocycles. The highest BCUT2D eigenvalue weighted by Gasteiger charge is 2.46. The molecule has 0 fully saturated rings. The first kappa shape index (κ1) is 30.5. The van der Waals surface area contributed by atoms with E-state index in [2.05, 4.69) is 24.3 Å². The van der Waals surface area contributed by atoms with Crippen LogP contribution in [-0.2, 0) is 25.7 Å². The van der Waals surface area contributed by atoms with Crippen LogP contribution in [0, 0.1) is 13.8 Å². The quantitative estimate of drug-likeness (QED) is 0.153. The molecule has 0 unspecified atom stereocenters. The summed E-state index contributed by atoms with van der Waals surface area (Å²) >= 11 is 0. The lowest BCUT2D eigenvalue weighted by molar-refractivity contribution is 0.483. The summed E-state index contributed by atoms with van der Waals surface area (Å²) in [7, 11) is -8.09. The minimum atomic E-state index is -4.05. The van der Waals surface area contributed by atoms with Gasteiger partial charge in [-0.2, -0.15) is 16.8 Å². The molecule has 1 aliphatic carbocycles. The van der Waals surface area contributed by atoms with Crippen molar-refractivity contribution in [1.29, 1.82) is 0 Å². The fourth-order valence-electron chi connectivity index (χ4n) is 6.56. The van der Waals surface area contributed by atoms with E-state index in [0.717, 1.165) is 33.4 Å². The van der Waals surface area contributed by atoms with Crippen LogP contribution in [0.1, 0.15) is 33.4 Å². The van der Waals surface area contributed by atoms with E-state index >= 15 is 0 Å². The molecule has 0 aliphatic heterocycles. The Kier molecular flexibility index (Phi) is 7.50. The second-order valence-electron chi connectivity index (χ2n) is 11.5. The van der Waals surface area contributed by atoms with Gasteiger partial charge in [-0.3, -0.25) is 0 Å². The molecule has 0 N–H and O–H groups in total. The summed E-state index contributed by atoms with van der Waals surface area (Å²) in [4.78, 5) is 0.233. The molecule has 0 saturated carbocycles. The summed E-state index contributed by atoms with van der Waals surface area (Å²) in [6.07, 6.45) is 0. The van der Waals surface area contributed by atoms with Crippen LogP contribution in [0.5, 0.6) is 11.5 Å². The maximum absolute atomic E-state index is 13.1. The Hall–Kier alpha value is -5.18. The number of rotatable bonds is 8. The average Bonchev–Trinajstić information content (AvgIpc) is 3.37. The highest BCUT2D eigenvalue weighted by atomic mass is 32.2. The fraction of sp³-hybridized carbons (Fsp3) is 0.0769. The Labute approximate surface area is 275 Å². The molecular formula is C39H30O6S2. The van der Waals surface area contributed by atoms with Gasteiger partial charge >= 0.3 is 20.2 Å². The van der Waals surface area contributed by atoms with E-state index in [1.807, 2.05) is 48.5 Å². The van der Waals surface area contributed by atoms with Crippen molar-refractivity contribution in [2.45, 2.75) is 29.1 Å². The third-order valence-electron chi connectivity index (χ3n) is 8.66. The van der Waals surface area contributed by atoms with Gasteiger partial charge in [-0.15, -0.1) is 0 Å². The predicted molar refractivity (Wildman–Crippen MR) is 182 cm³/mol. The third kappa shape index (κ3) is 5.19. The normalized spacial score (nSPS) is 13.4. The van der Waals surface area contributed by atoms with E-state index in [9.17, 15) is 16.8 Å². The van der Waals surface area contributed by atoms with Crippen LogP contribution in [0.2, 0.25) is 0 Å². The van der Waals surface area contributed by atoms with Gasteiger partial charge in [-0.25, -0.2) is 0 Å². The molecule has 6 aromatic rings. The predicted octanol–water partition coefficient (Wildman–Crippen LogP) is 8.20. The highest BCUT2D eigenvalue weighted by Crippen LogP contribution is 2.56. The topological polar surface area (TPSA) is 86.7 Å². The lowest BCUT2D eigenvalue weighted by atomic mass is 9.68. The first-order valence-corrected chi connectivity index (χ1v) is 17.8. The molecule has 1 aliphatic rings. The summed E-state index contributed by atoms with van der Waals surface area (Å²) in [6.45, 7) is 3.46. The fourth-order valence-corrected chi connectivity index (χ4v) is 8.89. The molecule has 234 valence electrons. The van der Waals surface area contributed by atoms with Gasteiger partial charge in [0.1, 0.15) is 21.3 Å². The lowest BCUT2D eigenvalue weighted by Crippen LogP contribution is -2.28. The summed E-state index contributed by atoms with van der Waals surface area (Å²) in [5.74, 6) is 0.383. The van der Waals surface area contributed by atoms with Gasteiger partial charge in [0, 0.05) is 0 Å². The molecule has 0 bridgehead atoms. The molecule has 0 atom stereocenters. The van der Waals surface area contributed by atoms with E-state index < -0.39 is 25.7 Å². The van der Waals surface area contributed by atoms with Crippen molar-refractivity contribution in [3.05, 3.63) is 179 Å². The summed E-state index contributed by atoms with van der Waals surface area (Å²) in [5.41, 5.74) is 6.41. The van der Waals surface area contributed by atoms with Crippen LogP contribution >= 0.6 is 0 Å². The second kappa shape index (κ2) is 11.6. The standard InChI is InChI=1S/C39H30O6S2/c1-27-11-3-9-17-37(27)46(40,41)44-31-23-19-29(20-24-31)39(35-15-7-5-13-33(35)34-14-6-8-16-36(34)39)30-21-25-32(26-22-30)45-47(42,43)38-18-10-4-12-28(38)2/h3-26H,1-2H3. The van der Waals surface area contributed by atoms with Gasteiger partial charge in [0.25, 0.3) is 0 Å². The van der Waals surface area contributed by atoms with Gasteiger partial charge in [-0.05, 0) is 94.8 Å². The van der Waals surface area contributed by atoms with Gasteiger partial charge in [0.05, 0.1) is 5.41 Å². The van der Waals surface area contributed by atoms with Crippen LogP contribution in [0.15, 0.2) is 155 Å². The van der Waals surface area contributed by atoms with Gasteiger partial charge in [0.2, 0.25) is 0 Å². The van der Waals surface area contributed by atoms with Gasteiger partial charge in [0.15, 0.2) is 0 Å². The Balaban J connectivity index is 1.32. The van der Waals surface area contributed by atoms with Crippen molar-refractivity contribution < 1.29 is 25.2 Å². The maximum atomic E-state index is 13.1. The molecule has 0 spiro atoms. The minimum Gasteiger partial charge on any atom is -0.379 e. The van der Waals surface area contributed by atoms with Crippen molar-refractivity contribution in [2.75, 3.05) is 0 Å². The molecule has 7 rings (SSSR count). The van der Waals surface area contributed by atoms with Crippen LogP contribution < -0.4 is 8.37 Å². The van der Waals surface area contributed by atoms with E-state index in [1.165, 1.54) is 12.1 Å². The van der Waals surface area contributed by atoms with Crippen molar-refractivity contribution in [1.82, 2.24) is 0 Å². The van der Waals surface area contributed by atoms with Crippen LogP contribution in [0.25, 0.3) is 11.1 Å². The first-order valence-electron chi connectivity index (χ1n) is 15.0. The van der Waals surface area contributed by atoms with E-state index in [4.69, 9.17) is 8.37 Å². The zero-order chi connectivity index (χ0) is 32.8. The Morgan fingerprint density at radius 3 is 1.15 bits per heavy atom. The average molecular weight is 659 g/mol. The van der Waals surface area contributed by atoms with Crippen LogP contribution in [-0.4, -0.2) is 16.8 Å². The molecule has 0 heterocycles. The minimum absolute atomic E-state index is 0.117. The number of hydrogen-bond donors (Lipinski definition) is 0. The van der Waals surface area contributed by atoms with E-state index in [-0.39, 0.29) is 21.3 Å². The van der Waals surface area contributed by atoms with E-state index in [0.29, 0.717) is 11.1 Å². The molecule has 8 heteroatoms. The third-order valence-corrected chi connectivity index (χ3v) is 11.5. The number of hydrogen-bond acceptors (Lipinski definition) is 6. The van der Waals surface area contributed by atoms with E-state index in [1.54, 1.807) is 74.5 Å². The lowest BCUT2D eigenvalue weighted by Gasteiger charge is -2.34. The Morgan fingerprint density at radius 2 is 0.766 bits per heavy atom. The summed E-state index contributed by atoms with van der Waals surface area (Å²) in [5, 5.41) is 0. The molecule has 6 aromatic carbocycles. The first-order chi connectivity index (χ1) is 22.6. The van der Waals surface area contributed by atoms with Crippen LogP contribution in [0.3, 0.4) is 0 Å². The second-order valence-corrected chi connectivity index (χ2v) is 14.5. The number of benzene rings is 6. The summed E-state index contributed by atoms with van der Waals surface area (Å²) < 4.78 is 63.7. The molecule has 6 nitrogen and oxygen atoms in total. The van der Waals surface area contributed by atoms with Crippen molar-refractivity contribution in [3.63, 3.8) is 0 Å². The molecule has 0 amide bonds. The highest BCUT2D eigenvalue weighted by molar-refractivity contribution is 7.87. The monoisotopic (exact) mass is 658 g/mol. The molecular weight excluding hydrogens is 629 g/mol. The van der Waals surface area contributed by atoms with Crippen molar-refractivity contribution in [2.24, 2.45) is 0 Å². The Bertz CT molecular complexity index is 2180. The number of fused-ring (bicyclic) bond motifs is 3. The van der Waals surface area contributed by atoms with Gasteiger partial charge in [-0.1, -0.05) is 109 Å². The molecule has 0 aromatic heterocycles. The van der Waals surface area contributed by atoms with Crippen molar-refractivity contribution in [3.8, 4) is 22.6 Å². The van der Waals surface area contributed by atoms with Crippen molar-refractivity contribution >= 4 is 20.2 Å². The van der Waals surface area contributed by atoms with Crippen LogP contribution in [0.4, 0.5) is 0 Å². The van der Waals surface area contributed by atoms with Gasteiger partial charge < -0.3 is 8.37 Å². The largest absolute Gasteiger partial charge is 0.379 e. The SMILES string of the molecule is Cc1ccccc1S(=O)(=O)Oc1ccc(C2(c3ccc(OS(=O)(=O)c4ccccc4C)cc3)c3ccccc3-c3ccccc32)cc1. The zero-order valence-corrected chi connectivity index (χ0v) is 27.3. The molecule has 0 radical (unpaired) electrons. The Morgan fingerprint density at radius 1 is 0.426 bits per heavy atom. The zero-order valence-electron chi connectivity index (χ0n) is 25.6. The summed E-state index contributed by atoms with van der Waals surface area (Å²) in [6, 6.07) is 44.0. The molecule has 47 heavy (non-hydrogen) atoms. The maximum Gasteiger partial charge on any atom is 0.339 e. The smallest absolute Gasteiger partial charge is 0.339 e. The number of aryl methyl sites for hydroxylation is 2.